The van der Waals surface area contributed by atoms with Crippen molar-refractivity contribution in [2.45, 2.75) is 65.3 Å². The highest BCUT2D eigenvalue weighted by molar-refractivity contribution is 4.78. The lowest BCUT2D eigenvalue weighted by Crippen LogP contribution is -2.36. The second-order valence-corrected chi connectivity index (χ2v) is 4.69. The summed E-state index contributed by atoms with van der Waals surface area (Å²) in [4.78, 5) is 0. The molecule has 0 heterocycles. The number of hydrogen-bond acceptors (Lipinski definition) is 1. The van der Waals surface area contributed by atoms with Crippen LogP contribution in [0.25, 0.3) is 0 Å². The Kier molecular flexibility index (Phi) is 5.56. The van der Waals surface area contributed by atoms with Crippen LogP contribution in [0.5, 0.6) is 0 Å². The quantitative estimate of drug-likeness (QED) is 0.652. The van der Waals surface area contributed by atoms with Gasteiger partial charge in [-0.05, 0) is 32.1 Å². The third-order valence-electron chi connectivity index (χ3n) is 2.39. The van der Waals surface area contributed by atoms with Gasteiger partial charge in [-0.25, -0.2) is 0 Å². The van der Waals surface area contributed by atoms with Gasteiger partial charge in [0, 0.05) is 5.54 Å². The van der Waals surface area contributed by atoms with E-state index < -0.39 is 0 Å². The smallest absolute Gasteiger partial charge is 0.0126 e. The molecular formula is C11H25N. The molecule has 0 aliphatic carbocycles. The van der Waals surface area contributed by atoms with Crippen molar-refractivity contribution in [2.24, 2.45) is 11.7 Å². The third kappa shape index (κ3) is 6.66. The molecule has 0 bridgehead atoms. The maximum absolute atomic E-state index is 6.15. The summed E-state index contributed by atoms with van der Waals surface area (Å²) < 4.78 is 0. The van der Waals surface area contributed by atoms with E-state index >= 15 is 0 Å². The van der Waals surface area contributed by atoms with Crippen LogP contribution in [0.1, 0.15) is 59.8 Å². The third-order valence-corrected chi connectivity index (χ3v) is 2.39. The molecule has 0 rings (SSSR count). The van der Waals surface area contributed by atoms with Crippen LogP contribution in [-0.2, 0) is 0 Å². The van der Waals surface area contributed by atoms with E-state index in [9.17, 15) is 0 Å². The first-order chi connectivity index (χ1) is 5.48. The maximum atomic E-state index is 6.15. The van der Waals surface area contributed by atoms with Crippen LogP contribution < -0.4 is 5.73 Å². The van der Waals surface area contributed by atoms with Crippen molar-refractivity contribution in [1.82, 2.24) is 0 Å². The summed E-state index contributed by atoms with van der Waals surface area (Å²) in [5, 5.41) is 0. The van der Waals surface area contributed by atoms with Gasteiger partial charge in [0.05, 0.1) is 0 Å². The van der Waals surface area contributed by atoms with E-state index in [0.29, 0.717) is 0 Å². The molecule has 1 heteroatoms. The van der Waals surface area contributed by atoms with Crippen molar-refractivity contribution in [1.29, 1.82) is 0 Å². The molecule has 0 aliphatic rings. The molecule has 0 spiro atoms. The Morgan fingerprint density at radius 2 is 1.83 bits per heavy atom. The van der Waals surface area contributed by atoms with E-state index in [0.717, 1.165) is 5.92 Å². The van der Waals surface area contributed by atoms with Crippen LogP contribution in [0.3, 0.4) is 0 Å². The molecule has 74 valence electrons. The summed E-state index contributed by atoms with van der Waals surface area (Å²) in [6.07, 6.45) is 6.14. The van der Waals surface area contributed by atoms with Crippen molar-refractivity contribution in [3.8, 4) is 0 Å². The van der Waals surface area contributed by atoms with Gasteiger partial charge in [0.25, 0.3) is 0 Å². The van der Waals surface area contributed by atoms with Crippen molar-refractivity contribution in [3.63, 3.8) is 0 Å². The molecule has 1 nitrogen and oxygen atoms in total. The molecule has 0 aromatic carbocycles. The van der Waals surface area contributed by atoms with E-state index in [1.54, 1.807) is 0 Å². The van der Waals surface area contributed by atoms with E-state index in [4.69, 9.17) is 5.73 Å². The number of unbranched alkanes of at least 4 members (excludes halogenated alkanes) is 1. The fourth-order valence-corrected chi connectivity index (χ4v) is 1.32. The molecule has 0 aromatic rings. The number of rotatable bonds is 6. The lowest BCUT2D eigenvalue weighted by molar-refractivity contribution is 0.353. The van der Waals surface area contributed by atoms with Crippen molar-refractivity contribution >= 4 is 0 Å². The monoisotopic (exact) mass is 171 g/mol. The largest absolute Gasteiger partial charge is 0.325 e. The molecule has 12 heavy (non-hydrogen) atoms. The zero-order valence-corrected chi connectivity index (χ0v) is 9.19. The van der Waals surface area contributed by atoms with Crippen molar-refractivity contribution in [3.05, 3.63) is 0 Å². The predicted octanol–water partition coefficient (Wildman–Crippen LogP) is 3.33. The Labute approximate surface area is 77.7 Å². The van der Waals surface area contributed by atoms with Crippen LogP contribution in [0.4, 0.5) is 0 Å². The first kappa shape index (κ1) is 12.0. The topological polar surface area (TPSA) is 26.0 Å². The lowest BCUT2D eigenvalue weighted by atomic mass is 9.88. The standard InChI is InChI=1S/C11H25N/c1-5-6-8-11(4,12)9-7-10(2)3/h10H,5-9,12H2,1-4H3. The van der Waals surface area contributed by atoms with Crippen LogP contribution >= 0.6 is 0 Å². The Hall–Kier alpha value is -0.0400. The Morgan fingerprint density at radius 3 is 2.25 bits per heavy atom. The first-order valence-corrected chi connectivity index (χ1v) is 5.27. The highest BCUT2D eigenvalue weighted by atomic mass is 14.7. The summed E-state index contributed by atoms with van der Waals surface area (Å²) in [5.41, 5.74) is 6.23. The average Bonchev–Trinajstić information content (AvgIpc) is 1.98. The van der Waals surface area contributed by atoms with E-state index in [1.807, 2.05) is 0 Å². The second kappa shape index (κ2) is 5.58. The molecule has 0 aliphatic heterocycles. The van der Waals surface area contributed by atoms with Gasteiger partial charge in [-0.1, -0.05) is 33.6 Å². The zero-order chi connectivity index (χ0) is 9.61. The summed E-state index contributed by atoms with van der Waals surface area (Å²) >= 11 is 0. The maximum Gasteiger partial charge on any atom is 0.0126 e. The fraction of sp³-hybridized carbons (Fsp3) is 1.00. The van der Waals surface area contributed by atoms with Gasteiger partial charge in [-0.15, -0.1) is 0 Å². The molecule has 2 N–H and O–H groups in total. The SMILES string of the molecule is CCCCC(C)(N)CCC(C)C. The summed E-state index contributed by atoms with van der Waals surface area (Å²) in [6.45, 7) is 8.93. The Balaban J connectivity index is 3.56. The normalized spacial score (nSPS) is 16.5. The zero-order valence-electron chi connectivity index (χ0n) is 9.19. The van der Waals surface area contributed by atoms with Crippen LogP contribution in [0.2, 0.25) is 0 Å². The minimum absolute atomic E-state index is 0.0836. The number of nitrogens with two attached hydrogens (primary N) is 1. The van der Waals surface area contributed by atoms with Gasteiger partial charge in [-0.3, -0.25) is 0 Å². The Morgan fingerprint density at radius 1 is 1.25 bits per heavy atom. The van der Waals surface area contributed by atoms with E-state index in [-0.39, 0.29) is 5.54 Å². The summed E-state index contributed by atoms with van der Waals surface area (Å²) in [7, 11) is 0. The Bertz CT molecular complexity index is 106. The van der Waals surface area contributed by atoms with Gasteiger partial charge >= 0.3 is 0 Å². The fourth-order valence-electron chi connectivity index (χ4n) is 1.32. The van der Waals surface area contributed by atoms with Gasteiger partial charge in [0.1, 0.15) is 0 Å². The van der Waals surface area contributed by atoms with Gasteiger partial charge < -0.3 is 5.73 Å². The van der Waals surface area contributed by atoms with Gasteiger partial charge in [0.15, 0.2) is 0 Å². The summed E-state index contributed by atoms with van der Waals surface area (Å²) in [6, 6.07) is 0. The minimum Gasteiger partial charge on any atom is -0.325 e. The molecule has 1 atom stereocenters. The molecule has 0 amide bonds. The van der Waals surface area contributed by atoms with Gasteiger partial charge in [-0.2, -0.15) is 0 Å². The molecule has 0 aromatic heterocycles. The van der Waals surface area contributed by atoms with E-state index in [2.05, 4.69) is 27.7 Å². The molecule has 0 saturated heterocycles. The molecule has 1 unspecified atom stereocenters. The lowest BCUT2D eigenvalue weighted by Gasteiger charge is -2.25. The van der Waals surface area contributed by atoms with Crippen LogP contribution in [0.15, 0.2) is 0 Å². The highest BCUT2D eigenvalue weighted by Crippen LogP contribution is 2.19. The highest BCUT2D eigenvalue weighted by Gasteiger charge is 2.17. The van der Waals surface area contributed by atoms with Gasteiger partial charge in [0.2, 0.25) is 0 Å². The van der Waals surface area contributed by atoms with Crippen LogP contribution in [-0.4, -0.2) is 5.54 Å². The number of hydrogen-bond donors (Lipinski definition) is 1. The first-order valence-electron chi connectivity index (χ1n) is 5.27. The molecule has 0 saturated carbocycles. The minimum atomic E-state index is 0.0836. The van der Waals surface area contributed by atoms with Crippen molar-refractivity contribution in [2.75, 3.05) is 0 Å². The average molecular weight is 171 g/mol. The van der Waals surface area contributed by atoms with E-state index in [1.165, 1.54) is 32.1 Å². The van der Waals surface area contributed by atoms with Crippen LogP contribution in [0, 0.1) is 5.92 Å². The molecule has 0 radical (unpaired) electrons. The second-order valence-electron chi connectivity index (χ2n) is 4.69. The van der Waals surface area contributed by atoms with Crippen molar-refractivity contribution < 1.29 is 0 Å². The molecular weight excluding hydrogens is 146 g/mol. The molecule has 0 fully saturated rings. The predicted molar refractivity (Wildman–Crippen MR) is 56.2 cm³/mol. The summed E-state index contributed by atoms with van der Waals surface area (Å²) in [5.74, 6) is 0.787.